The highest BCUT2D eigenvalue weighted by Crippen LogP contribution is 2.54. The number of ether oxygens (including phenoxy) is 1. The quantitative estimate of drug-likeness (QED) is 0.375. The van der Waals surface area contributed by atoms with E-state index in [2.05, 4.69) is 5.32 Å². The number of hydrogen-bond donors (Lipinski definition) is 1. The van der Waals surface area contributed by atoms with Crippen LogP contribution < -0.4 is 15.5 Å². The van der Waals surface area contributed by atoms with E-state index in [4.69, 9.17) is 27.9 Å². The molecule has 0 unspecified atom stereocenters. The molecule has 4 rings (SSSR count). The second-order valence-corrected chi connectivity index (χ2v) is 10.4. The number of amides is 2. The maximum atomic E-state index is 14.3. The van der Waals surface area contributed by atoms with Crippen LogP contribution in [0, 0.1) is 11.7 Å². The molecule has 0 bridgehead atoms. The average Bonchev–Trinajstić information content (AvgIpc) is 3.56. The van der Waals surface area contributed by atoms with Crippen molar-refractivity contribution >= 4 is 35.0 Å². The number of alkyl halides is 1. The lowest BCUT2D eigenvalue weighted by Gasteiger charge is -2.40. The van der Waals surface area contributed by atoms with Gasteiger partial charge >= 0.3 is 0 Å². The van der Waals surface area contributed by atoms with Crippen molar-refractivity contribution in [1.29, 1.82) is 0 Å². The van der Waals surface area contributed by atoms with Crippen LogP contribution in [0.2, 0.25) is 5.02 Å². The van der Waals surface area contributed by atoms with Crippen LogP contribution in [0.25, 0.3) is 0 Å². The first kappa shape index (κ1) is 26.5. The van der Waals surface area contributed by atoms with Crippen LogP contribution in [-0.4, -0.2) is 46.4 Å². The number of nitrogens with one attached hydrogen (secondary N) is 1. The molecular weight excluding hydrogens is 508 g/mol. The van der Waals surface area contributed by atoms with Gasteiger partial charge in [0.05, 0.1) is 17.2 Å². The van der Waals surface area contributed by atoms with Crippen molar-refractivity contribution in [2.75, 3.05) is 19.0 Å². The molecule has 1 aromatic heterocycles. The Kier molecular flexibility index (Phi) is 7.67. The molecule has 1 saturated carbocycles. The average molecular weight is 538 g/mol. The summed E-state index contributed by atoms with van der Waals surface area (Å²) in [5.41, 5.74) is -1.00. The Bertz CT molecular complexity index is 1250. The highest BCUT2D eigenvalue weighted by molar-refractivity contribution is 6.30. The van der Waals surface area contributed by atoms with Crippen LogP contribution in [0.5, 0.6) is 5.75 Å². The van der Waals surface area contributed by atoms with E-state index < -0.39 is 22.7 Å². The molecule has 2 aromatic rings. The van der Waals surface area contributed by atoms with Gasteiger partial charge in [-0.3, -0.25) is 14.4 Å². The summed E-state index contributed by atoms with van der Waals surface area (Å²) in [5, 5.41) is 2.55. The molecule has 1 fully saturated rings. The Morgan fingerprint density at radius 2 is 2.08 bits per heavy atom. The van der Waals surface area contributed by atoms with Crippen molar-refractivity contribution in [2.45, 2.75) is 58.2 Å². The van der Waals surface area contributed by atoms with E-state index in [9.17, 15) is 18.8 Å². The number of aromatic nitrogens is 1. The normalized spacial score (nSPS) is 20.6. The lowest BCUT2D eigenvalue weighted by molar-refractivity contribution is 0.0563. The first-order chi connectivity index (χ1) is 17.2. The van der Waals surface area contributed by atoms with Gasteiger partial charge in [0.2, 0.25) is 5.43 Å². The van der Waals surface area contributed by atoms with Crippen molar-refractivity contribution < 1.29 is 18.7 Å². The Morgan fingerprint density at radius 3 is 2.72 bits per heavy atom. The molecule has 1 N–H and O–H groups in total. The van der Waals surface area contributed by atoms with E-state index in [1.807, 2.05) is 20.8 Å². The Morgan fingerprint density at radius 1 is 1.33 bits per heavy atom. The predicted molar refractivity (Wildman–Crippen MR) is 137 cm³/mol. The number of rotatable bonds is 9. The van der Waals surface area contributed by atoms with Crippen molar-refractivity contribution in [3.05, 3.63) is 62.3 Å². The number of halogens is 3. The maximum Gasteiger partial charge on any atom is 0.274 e. The molecule has 0 radical (unpaired) electrons. The van der Waals surface area contributed by atoms with Crippen molar-refractivity contribution in [3.63, 3.8) is 0 Å². The zero-order valence-electron chi connectivity index (χ0n) is 20.6. The third kappa shape index (κ3) is 4.61. The smallest absolute Gasteiger partial charge is 0.274 e. The summed E-state index contributed by atoms with van der Waals surface area (Å²) in [4.78, 5) is 42.0. The van der Waals surface area contributed by atoms with Gasteiger partial charge in [-0.2, -0.15) is 0 Å². The molecule has 36 heavy (non-hydrogen) atoms. The van der Waals surface area contributed by atoms with E-state index in [-0.39, 0.29) is 58.6 Å². The maximum absolute atomic E-state index is 14.3. The molecule has 194 valence electrons. The van der Waals surface area contributed by atoms with Gasteiger partial charge in [-0.1, -0.05) is 37.1 Å². The molecule has 1 spiro atoms. The third-order valence-corrected chi connectivity index (χ3v) is 7.69. The highest BCUT2D eigenvalue weighted by Gasteiger charge is 2.60. The molecule has 0 saturated heterocycles. The van der Waals surface area contributed by atoms with Crippen LogP contribution in [0.4, 0.5) is 4.39 Å². The summed E-state index contributed by atoms with van der Waals surface area (Å²) >= 11 is 12.1. The molecular formula is C26H30Cl2FN3O4. The van der Waals surface area contributed by atoms with Gasteiger partial charge in [0.15, 0.2) is 11.4 Å². The number of pyridine rings is 1. The zero-order chi connectivity index (χ0) is 26.2. The lowest BCUT2D eigenvalue weighted by atomic mass is 10.0. The molecule has 2 heterocycles. The fraction of sp³-hybridized carbons (Fsp3) is 0.500. The van der Waals surface area contributed by atoms with E-state index in [1.165, 1.54) is 18.3 Å². The standard InChI is InChI=1S/C26H30Cl2FN3O4/c1-4-5-9-36-23-21-25(35)31(15(2)3)14-26(10-17(26)11-27)32(21)13-18(22(23)33)24(34)30-12-16-7-6-8-19(28)20(16)29/h6-8,13,15,17H,4-5,9-12,14H2,1-3H3,(H,30,34)/t17-,26-/m0/s1. The molecule has 2 amide bonds. The van der Waals surface area contributed by atoms with Crippen molar-refractivity contribution in [2.24, 2.45) is 5.92 Å². The highest BCUT2D eigenvalue weighted by atomic mass is 35.5. The predicted octanol–water partition coefficient (Wildman–Crippen LogP) is 4.57. The summed E-state index contributed by atoms with van der Waals surface area (Å²) in [6.45, 7) is 6.34. The van der Waals surface area contributed by atoms with E-state index in [0.29, 0.717) is 25.3 Å². The number of nitrogens with zero attached hydrogens (tertiary/aromatic N) is 2. The van der Waals surface area contributed by atoms with Crippen LogP contribution in [0.3, 0.4) is 0 Å². The molecule has 10 heteroatoms. The zero-order valence-corrected chi connectivity index (χ0v) is 22.1. The van der Waals surface area contributed by atoms with E-state index >= 15 is 0 Å². The summed E-state index contributed by atoms with van der Waals surface area (Å²) in [6.07, 6.45) is 3.67. The number of benzene rings is 1. The second kappa shape index (κ2) is 10.4. The molecule has 1 aromatic carbocycles. The minimum absolute atomic E-state index is 0.0572. The van der Waals surface area contributed by atoms with Gasteiger partial charge in [0.25, 0.3) is 11.8 Å². The molecule has 1 aliphatic carbocycles. The second-order valence-electron chi connectivity index (χ2n) is 9.70. The van der Waals surface area contributed by atoms with Crippen LogP contribution >= 0.6 is 23.2 Å². The molecule has 1 aliphatic heterocycles. The number of carbonyl (C=O) groups is 2. The summed E-state index contributed by atoms with van der Waals surface area (Å²) < 4.78 is 21.9. The van der Waals surface area contributed by atoms with Gasteiger partial charge in [0, 0.05) is 42.7 Å². The Hall–Kier alpha value is -2.58. The first-order valence-electron chi connectivity index (χ1n) is 12.2. The Labute approximate surface area is 219 Å². The summed E-state index contributed by atoms with van der Waals surface area (Å²) in [5.74, 6) is -1.30. The monoisotopic (exact) mass is 537 g/mol. The third-order valence-electron chi connectivity index (χ3n) is 7.02. The van der Waals surface area contributed by atoms with Crippen LogP contribution in [0.1, 0.15) is 66.4 Å². The minimum atomic E-state index is -0.688. The van der Waals surface area contributed by atoms with Gasteiger partial charge in [-0.25, -0.2) is 4.39 Å². The van der Waals surface area contributed by atoms with Gasteiger partial charge in [-0.15, -0.1) is 11.6 Å². The SMILES string of the molecule is CCCCOc1c2n(cc(C(=O)NCc3cccc(Cl)c3F)c1=O)[C@@]1(C[C@H]1CCl)CN(C(C)C)C2=O. The summed E-state index contributed by atoms with van der Waals surface area (Å²) in [6, 6.07) is 4.41. The van der Waals surface area contributed by atoms with E-state index in [0.717, 1.165) is 6.42 Å². The van der Waals surface area contributed by atoms with Crippen LogP contribution in [-0.2, 0) is 12.1 Å². The largest absolute Gasteiger partial charge is 0.487 e. The summed E-state index contributed by atoms with van der Waals surface area (Å²) in [7, 11) is 0. The molecule has 7 nitrogen and oxygen atoms in total. The van der Waals surface area contributed by atoms with Crippen molar-refractivity contribution in [3.8, 4) is 5.75 Å². The number of unbranched alkanes of at least 4 members (excludes halogenated alkanes) is 1. The number of hydrogen-bond acceptors (Lipinski definition) is 4. The molecule has 2 atom stereocenters. The fourth-order valence-corrected chi connectivity index (χ4v) is 5.35. The topological polar surface area (TPSA) is 80.6 Å². The number of carbonyl (C=O) groups excluding carboxylic acids is 2. The lowest BCUT2D eigenvalue weighted by Crippen LogP contribution is -2.52. The number of fused-ring (bicyclic) bond motifs is 2. The van der Waals surface area contributed by atoms with Gasteiger partial charge in [-0.05, 0) is 32.8 Å². The fourth-order valence-electron chi connectivity index (χ4n) is 4.76. The minimum Gasteiger partial charge on any atom is -0.487 e. The Balaban J connectivity index is 1.78. The first-order valence-corrected chi connectivity index (χ1v) is 13.1. The van der Waals surface area contributed by atoms with E-state index in [1.54, 1.807) is 15.5 Å². The van der Waals surface area contributed by atoms with Crippen LogP contribution in [0.15, 0.2) is 29.2 Å². The molecule has 2 aliphatic rings. The van der Waals surface area contributed by atoms with Crippen molar-refractivity contribution in [1.82, 2.24) is 14.8 Å². The van der Waals surface area contributed by atoms with Gasteiger partial charge < -0.3 is 19.5 Å². The van der Waals surface area contributed by atoms with Gasteiger partial charge in [0.1, 0.15) is 11.4 Å².